The van der Waals surface area contributed by atoms with Gasteiger partial charge >= 0.3 is 0 Å². The standard InChI is InChI=1S/C27H28ClN3O4S/c1-30(16-24(32)18-5-4-6-20(11-18)35-3)14-21-12-22-25(33)23(15-31(2)27(22)36-21)26(34)29-13-17-7-9-19(28)10-8-17/h4-12,15,24,32H,13-14,16H2,1-3H3,(H,29,34)/t24-/m1/s1. The van der Waals surface area contributed by atoms with E-state index in [0.29, 0.717) is 35.8 Å². The van der Waals surface area contributed by atoms with Crippen LogP contribution in [0.1, 0.15) is 32.5 Å². The van der Waals surface area contributed by atoms with Crippen molar-refractivity contribution in [3.8, 4) is 5.75 Å². The highest BCUT2D eigenvalue weighted by Crippen LogP contribution is 2.26. The molecule has 36 heavy (non-hydrogen) atoms. The fourth-order valence-electron chi connectivity index (χ4n) is 4.01. The molecular weight excluding hydrogens is 498 g/mol. The van der Waals surface area contributed by atoms with E-state index in [1.807, 2.05) is 66.0 Å². The number of benzene rings is 2. The third-order valence-corrected chi connectivity index (χ3v) is 7.36. The molecule has 0 fully saturated rings. The molecule has 0 saturated heterocycles. The quantitative estimate of drug-likeness (QED) is 0.339. The highest BCUT2D eigenvalue weighted by Gasteiger charge is 2.18. The van der Waals surface area contributed by atoms with Gasteiger partial charge in [-0.3, -0.25) is 14.5 Å². The molecule has 7 nitrogen and oxygen atoms in total. The molecule has 2 aromatic carbocycles. The van der Waals surface area contributed by atoms with Crippen molar-refractivity contribution in [3.05, 3.63) is 97.6 Å². The van der Waals surface area contributed by atoms with E-state index in [1.54, 1.807) is 25.4 Å². The SMILES string of the molecule is COc1cccc([C@H](O)CN(C)Cc2cc3c(=O)c(C(=O)NCc4ccc(Cl)cc4)cn(C)c3s2)c1. The molecule has 4 rings (SSSR count). The van der Waals surface area contributed by atoms with Crippen LogP contribution in [0.3, 0.4) is 0 Å². The molecule has 0 aliphatic heterocycles. The normalized spacial score (nSPS) is 12.2. The van der Waals surface area contributed by atoms with Gasteiger partial charge in [0.05, 0.1) is 18.6 Å². The van der Waals surface area contributed by atoms with Gasteiger partial charge < -0.3 is 19.7 Å². The number of aliphatic hydroxyl groups excluding tert-OH is 1. The molecule has 0 aliphatic rings. The molecule has 1 atom stereocenters. The van der Waals surface area contributed by atoms with Crippen molar-refractivity contribution < 1.29 is 14.6 Å². The number of nitrogens with zero attached hydrogens (tertiary/aromatic N) is 2. The molecule has 0 radical (unpaired) electrons. The van der Waals surface area contributed by atoms with Gasteiger partial charge in [0, 0.05) is 42.8 Å². The van der Waals surface area contributed by atoms with Crippen molar-refractivity contribution in [3.63, 3.8) is 0 Å². The van der Waals surface area contributed by atoms with Gasteiger partial charge in [-0.2, -0.15) is 0 Å². The van der Waals surface area contributed by atoms with E-state index in [4.69, 9.17) is 16.3 Å². The molecule has 2 aromatic heterocycles. The molecule has 188 valence electrons. The number of nitrogens with one attached hydrogen (secondary N) is 1. The van der Waals surface area contributed by atoms with E-state index in [9.17, 15) is 14.7 Å². The third kappa shape index (κ3) is 5.96. The summed E-state index contributed by atoms with van der Waals surface area (Å²) in [6, 6.07) is 16.4. The number of likely N-dealkylation sites (N-methyl/N-ethyl adjacent to an activating group) is 1. The maximum atomic E-state index is 13.1. The van der Waals surface area contributed by atoms with Crippen LogP contribution in [-0.2, 0) is 20.1 Å². The summed E-state index contributed by atoms with van der Waals surface area (Å²) in [5.74, 6) is 0.279. The zero-order valence-corrected chi connectivity index (χ0v) is 21.9. The van der Waals surface area contributed by atoms with Crippen molar-refractivity contribution in [1.82, 2.24) is 14.8 Å². The van der Waals surface area contributed by atoms with Crippen molar-refractivity contribution in [2.75, 3.05) is 20.7 Å². The number of carbonyl (C=O) groups excluding carboxylic acids is 1. The molecule has 2 heterocycles. The highest BCUT2D eigenvalue weighted by atomic mass is 35.5. The summed E-state index contributed by atoms with van der Waals surface area (Å²) in [6.07, 6.45) is 0.903. The van der Waals surface area contributed by atoms with E-state index in [2.05, 4.69) is 5.32 Å². The largest absolute Gasteiger partial charge is 0.497 e. The van der Waals surface area contributed by atoms with Gasteiger partial charge in [0.1, 0.15) is 16.1 Å². The number of aromatic nitrogens is 1. The summed E-state index contributed by atoms with van der Waals surface area (Å²) in [6.45, 7) is 1.26. The van der Waals surface area contributed by atoms with Gasteiger partial charge in [-0.15, -0.1) is 11.3 Å². The van der Waals surface area contributed by atoms with Crippen LogP contribution in [0.15, 0.2) is 65.6 Å². The number of halogens is 1. The number of hydrogen-bond acceptors (Lipinski definition) is 6. The first kappa shape index (κ1) is 25.9. The number of aryl methyl sites for hydroxylation is 1. The van der Waals surface area contributed by atoms with Gasteiger partial charge in [0.25, 0.3) is 5.91 Å². The Kier molecular flexibility index (Phi) is 8.11. The third-order valence-electron chi connectivity index (χ3n) is 5.90. The molecule has 0 spiro atoms. The number of aliphatic hydroxyl groups is 1. The number of fused-ring (bicyclic) bond motifs is 1. The first-order valence-corrected chi connectivity index (χ1v) is 12.6. The number of amides is 1. The van der Waals surface area contributed by atoms with Crippen LogP contribution in [0.25, 0.3) is 10.2 Å². The van der Waals surface area contributed by atoms with Gasteiger partial charge in [-0.05, 0) is 48.5 Å². The van der Waals surface area contributed by atoms with Crippen molar-refractivity contribution >= 4 is 39.1 Å². The fourth-order valence-corrected chi connectivity index (χ4v) is 5.31. The molecule has 0 bridgehead atoms. The van der Waals surface area contributed by atoms with Crippen LogP contribution in [0.2, 0.25) is 5.02 Å². The average molecular weight is 526 g/mol. The molecule has 4 aromatic rings. The Morgan fingerprint density at radius 2 is 1.97 bits per heavy atom. The fraction of sp³-hybridized carbons (Fsp3) is 0.259. The predicted octanol–water partition coefficient (Wildman–Crippen LogP) is 4.36. The number of pyridine rings is 1. The first-order chi connectivity index (χ1) is 17.2. The minimum absolute atomic E-state index is 0.102. The Bertz CT molecular complexity index is 1430. The smallest absolute Gasteiger partial charge is 0.257 e. The number of rotatable bonds is 9. The summed E-state index contributed by atoms with van der Waals surface area (Å²) < 4.78 is 7.05. The summed E-state index contributed by atoms with van der Waals surface area (Å²) in [7, 11) is 5.34. The van der Waals surface area contributed by atoms with Gasteiger partial charge in [0.15, 0.2) is 0 Å². The molecule has 9 heteroatoms. The second kappa shape index (κ2) is 11.3. The van der Waals surface area contributed by atoms with E-state index in [-0.39, 0.29) is 11.0 Å². The van der Waals surface area contributed by atoms with Crippen LogP contribution in [-0.4, -0.2) is 41.2 Å². The Hall–Kier alpha value is -3.17. The predicted molar refractivity (Wildman–Crippen MR) is 144 cm³/mol. The van der Waals surface area contributed by atoms with E-state index >= 15 is 0 Å². The number of thiophene rings is 1. The second-order valence-electron chi connectivity index (χ2n) is 8.71. The van der Waals surface area contributed by atoms with Crippen LogP contribution in [0.5, 0.6) is 5.75 Å². The maximum absolute atomic E-state index is 13.1. The van der Waals surface area contributed by atoms with Crippen LogP contribution in [0, 0.1) is 0 Å². The molecule has 2 N–H and O–H groups in total. The van der Waals surface area contributed by atoms with E-state index in [0.717, 1.165) is 20.8 Å². The van der Waals surface area contributed by atoms with E-state index in [1.165, 1.54) is 11.3 Å². The summed E-state index contributed by atoms with van der Waals surface area (Å²) >= 11 is 7.41. The second-order valence-corrected chi connectivity index (χ2v) is 10.3. The number of ether oxygens (including phenoxy) is 1. The van der Waals surface area contributed by atoms with Crippen LogP contribution < -0.4 is 15.5 Å². The number of methoxy groups -OCH3 is 1. The first-order valence-electron chi connectivity index (χ1n) is 11.4. The molecule has 0 unspecified atom stereocenters. The highest BCUT2D eigenvalue weighted by molar-refractivity contribution is 7.18. The maximum Gasteiger partial charge on any atom is 0.257 e. The Morgan fingerprint density at radius 1 is 1.22 bits per heavy atom. The number of hydrogen-bond donors (Lipinski definition) is 2. The van der Waals surface area contributed by atoms with Crippen molar-refractivity contribution in [1.29, 1.82) is 0 Å². The van der Waals surface area contributed by atoms with Gasteiger partial charge in [-0.1, -0.05) is 35.9 Å². The Morgan fingerprint density at radius 3 is 2.69 bits per heavy atom. The zero-order chi connectivity index (χ0) is 25.8. The summed E-state index contributed by atoms with van der Waals surface area (Å²) in [4.78, 5) is 29.7. The minimum atomic E-state index is -0.679. The Balaban J connectivity index is 1.47. The topological polar surface area (TPSA) is 83.8 Å². The minimum Gasteiger partial charge on any atom is -0.497 e. The molecular formula is C27H28ClN3O4S. The van der Waals surface area contributed by atoms with Gasteiger partial charge in [0.2, 0.25) is 5.43 Å². The van der Waals surface area contributed by atoms with Crippen molar-refractivity contribution in [2.45, 2.75) is 19.2 Å². The summed E-state index contributed by atoms with van der Waals surface area (Å²) in [5, 5.41) is 14.6. The average Bonchev–Trinajstić information content (AvgIpc) is 3.30. The van der Waals surface area contributed by atoms with E-state index < -0.39 is 12.0 Å². The Labute approximate surface area is 218 Å². The monoisotopic (exact) mass is 525 g/mol. The zero-order valence-electron chi connectivity index (χ0n) is 20.3. The van der Waals surface area contributed by atoms with Crippen LogP contribution >= 0.6 is 22.9 Å². The number of carbonyl (C=O) groups is 1. The molecule has 0 aliphatic carbocycles. The molecule has 1 amide bonds. The lowest BCUT2D eigenvalue weighted by Crippen LogP contribution is -2.29. The lowest BCUT2D eigenvalue weighted by atomic mass is 10.1. The molecule has 0 saturated carbocycles. The van der Waals surface area contributed by atoms with Crippen LogP contribution in [0.4, 0.5) is 0 Å². The lowest BCUT2D eigenvalue weighted by Gasteiger charge is -2.20. The summed E-state index contributed by atoms with van der Waals surface area (Å²) in [5.41, 5.74) is 1.48. The lowest BCUT2D eigenvalue weighted by molar-refractivity contribution is 0.0949. The van der Waals surface area contributed by atoms with Crippen molar-refractivity contribution in [2.24, 2.45) is 7.05 Å². The van der Waals surface area contributed by atoms with Gasteiger partial charge in [-0.25, -0.2) is 0 Å².